The number of halogens is 1. The molecule has 0 saturated carbocycles. The van der Waals surface area contributed by atoms with Crippen molar-refractivity contribution in [2.24, 2.45) is 11.3 Å². The Morgan fingerprint density at radius 3 is 2.27 bits per heavy atom. The van der Waals surface area contributed by atoms with Gasteiger partial charge in [0.15, 0.2) is 0 Å². The van der Waals surface area contributed by atoms with Crippen LogP contribution in [0.2, 0.25) is 0 Å². The molecule has 0 aromatic carbocycles. The Morgan fingerprint density at radius 1 is 1.36 bits per heavy atom. The predicted octanol–water partition coefficient (Wildman–Crippen LogP) is 4.23. The molecule has 1 heteroatoms. The van der Waals surface area contributed by atoms with Crippen LogP contribution < -0.4 is 0 Å². The van der Waals surface area contributed by atoms with Crippen molar-refractivity contribution in [3.05, 3.63) is 0 Å². The highest BCUT2D eigenvalue weighted by Gasteiger charge is 2.23. The summed E-state index contributed by atoms with van der Waals surface area (Å²) in [4.78, 5) is 0. The molecule has 0 fully saturated rings. The number of rotatable bonds is 5. The van der Waals surface area contributed by atoms with Crippen molar-refractivity contribution < 1.29 is 0 Å². The molecule has 0 nitrogen and oxygen atoms in total. The molecular formula is C10H21Br. The molecule has 0 aliphatic rings. The van der Waals surface area contributed by atoms with E-state index in [1.54, 1.807) is 0 Å². The first-order valence-electron chi connectivity index (χ1n) is 4.60. The molecule has 0 aromatic heterocycles. The summed E-state index contributed by atoms with van der Waals surface area (Å²) in [5.74, 6) is 0.835. The summed E-state index contributed by atoms with van der Waals surface area (Å²) in [5.41, 5.74) is 0.530. The Balaban J connectivity index is 3.83. The predicted molar refractivity (Wildman–Crippen MR) is 56.3 cm³/mol. The highest BCUT2D eigenvalue weighted by Crippen LogP contribution is 2.33. The second-order valence-corrected chi connectivity index (χ2v) is 4.91. The number of hydrogen-bond donors (Lipinski definition) is 0. The van der Waals surface area contributed by atoms with Gasteiger partial charge in [0.1, 0.15) is 0 Å². The Hall–Kier alpha value is 0.480. The molecule has 0 amide bonds. The molecule has 0 spiro atoms. The highest BCUT2D eigenvalue weighted by molar-refractivity contribution is 9.09. The summed E-state index contributed by atoms with van der Waals surface area (Å²) in [7, 11) is 0. The highest BCUT2D eigenvalue weighted by atomic mass is 79.9. The van der Waals surface area contributed by atoms with E-state index >= 15 is 0 Å². The molecule has 0 heterocycles. The van der Waals surface area contributed by atoms with Gasteiger partial charge in [-0.1, -0.05) is 50.0 Å². The molecule has 0 radical (unpaired) electrons. The first-order valence-corrected chi connectivity index (χ1v) is 5.72. The zero-order chi connectivity index (χ0) is 8.91. The zero-order valence-electron chi connectivity index (χ0n) is 8.28. The molecule has 0 N–H and O–H groups in total. The lowest BCUT2D eigenvalue weighted by molar-refractivity contribution is 0.206. The summed E-state index contributed by atoms with van der Waals surface area (Å²) >= 11 is 3.49. The van der Waals surface area contributed by atoms with E-state index in [4.69, 9.17) is 0 Å². The fourth-order valence-corrected chi connectivity index (χ4v) is 2.13. The van der Waals surface area contributed by atoms with Crippen molar-refractivity contribution >= 4 is 15.9 Å². The van der Waals surface area contributed by atoms with Crippen molar-refractivity contribution in [3.63, 3.8) is 0 Å². The normalized spacial score (nSPS) is 15.0. The quantitative estimate of drug-likeness (QED) is 0.609. The lowest BCUT2D eigenvalue weighted by Gasteiger charge is -2.31. The molecule has 68 valence electrons. The van der Waals surface area contributed by atoms with Gasteiger partial charge < -0.3 is 0 Å². The molecule has 0 aromatic rings. The third-order valence-electron chi connectivity index (χ3n) is 2.77. The van der Waals surface area contributed by atoms with E-state index in [1.165, 1.54) is 19.3 Å². The van der Waals surface area contributed by atoms with Gasteiger partial charge in [0, 0.05) is 5.33 Å². The summed E-state index contributed by atoms with van der Waals surface area (Å²) in [6.45, 7) is 9.38. The minimum Gasteiger partial charge on any atom is -0.0928 e. The van der Waals surface area contributed by atoms with Gasteiger partial charge in [-0.15, -0.1) is 0 Å². The minimum absolute atomic E-state index is 0.530. The van der Waals surface area contributed by atoms with Crippen LogP contribution in [0.4, 0.5) is 0 Å². The van der Waals surface area contributed by atoms with Crippen LogP contribution in [0.15, 0.2) is 0 Å². The Bertz CT molecular complexity index is 97.0. The van der Waals surface area contributed by atoms with E-state index in [2.05, 4.69) is 43.6 Å². The van der Waals surface area contributed by atoms with Crippen molar-refractivity contribution in [1.29, 1.82) is 0 Å². The third-order valence-corrected chi connectivity index (χ3v) is 3.23. The van der Waals surface area contributed by atoms with Gasteiger partial charge in [0.05, 0.1) is 0 Å². The molecular weight excluding hydrogens is 200 g/mol. The standard InChI is InChI=1S/C10H21Br/c1-5-7-10(3,4)9(2)6-8-11/h9H,5-8H2,1-4H3. The SMILES string of the molecule is CCCC(C)(C)C(C)CCBr. The molecule has 0 aliphatic carbocycles. The van der Waals surface area contributed by atoms with Crippen molar-refractivity contribution in [3.8, 4) is 0 Å². The second-order valence-electron chi connectivity index (χ2n) is 4.12. The molecule has 0 bridgehead atoms. The smallest absolute Gasteiger partial charge is 0.00340 e. The van der Waals surface area contributed by atoms with Gasteiger partial charge in [-0.05, 0) is 24.2 Å². The molecule has 0 rings (SSSR count). The van der Waals surface area contributed by atoms with Gasteiger partial charge in [0.2, 0.25) is 0 Å². The van der Waals surface area contributed by atoms with Gasteiger partial charge in [0.25, 0.3) is 0 Å². The van der Waals surface area contributed by atoms with E-state index in [9.17, 15) is 0 Å². The largest absolute Gasteiger partial charge is 0.0928 e. The zero-order valence-corrected chi connectivity index (χ0v) is 9.87. The van der Waals surface area contributed by atoms with Crippen LogP contribution >= 0.6 is 15.9 Å². The van der Waals surface area contributed by atoms with Crippen LogP contribution in [0.1, 0.15) is 47.0 Å². The fraction of sp³-hybridized carbons (Fsp3) is 1.00. The number of alkyl halides is 1. The van der Waals surface area contributed by atoms with Gasteiger partial charge in [-0.2, -0.15) is 0 Å². The van der Waals surface area contributed by atoms with Gasteiger partial charge in [-0.3, -0.25) is 0 Å². The topological polar surface area (TPSA) is 0 Å². The van der Waals surface area contributed by atoms with Crippen LogP contribution in [0, 0.1) is 11.3 Å². The van der Waals surface area contributed by atoms with Crippen molar-refractivity contribution in [2.45, 2.75) is 47.0 Å². The second kappa shape index (κ2) is 5.18. The first kappa shape index (κ1) is 11.5. The maximum Gasteiger partial charge on any atom is 0.00340 e. The van der Waals surface area contributed by atoms with E-state index < -0.39 is 0 Å². The average Bonchev–Trinajstić information content (AvgIpc) is 1.88. The Morgan fingerprint density at radius 2 is 1.91 bits per heavy atom. The van der Waals surface area contributed by atoms with E-state index in [1.807, 2.05) is 0 Å². The molecule has 1 atom stereocenters. The molecule has 0 aliphatic heterocycles. The van der Waals surface area contributed by atoms with Crippen LogP contribution in [-0.4, -0.2) is 5.33 Å². The molecule has 0 saturated heterocycles. The number of hydrogen-bond acceptors (Lipinski definition) is 0. The van der Waals surface area contributed by atoms with E-state index in [0.29, 0.717) is 5.41 Å². The van der Waals surface area contributed by atoms with Crippen LogP contribution in [-0.2, 0) is 0 Å². The maximum absolute atomic E-state index is 3.49. The van der Waals surface area contributed by atoms with Gasteiger partial charge >= 0.3 is 0 Å². The maximum atomic E-state index is 3.49. The van der Waals surface area contributed by atoms with Crippen molar-refractivity contribution in [1.82, 2.24) is 0 Å². The third kappa shape index (κ3) is 4.15. The Kier molecular flexibility index (Phi) is 5.41. The van der Waals surface area contributed by atoms with Crippen LogP contribution in [0.25, 0.3) is 0 Å². The average molecular weight is 221 g/mol. The Labute approximate surface area is 79.9 Å². The summed E-state index contributed by atoms with van der Waals surface area (Å²) in [6, 6.07) is 0. The summed E-state index contributed by atoms with van der Waals surface area (Å²) in [5, 5.41) is 1.14. The van der Waals surface area contributed by atoms with E-state index in [0.717, 1.165) is 11.2 Å². The lowest BCUT2D eigenvalue weighted by atomic mass is 9.75. The lowest BCUT2D eigenvalue weighted by Crippen LogP contribution is -2.21. The molecule has 11 heavy (non-hydrogen) atoms. The van der Waals surface area contributed by atoms with Crippen molar-refractivity contribution in [2.75, 3.05) is 5.33 Å². The molecule has 1 unspecified atom stereocenters. The van der Waals surface area contributed by atoms with Crippen LogP contribution in [0.5, 0.6) is 0 Å². The van der Waals surface area contributed by atoms with E-state index in [-0.39, 0.29) is 0 Å². The minimum atomic E-state index is 0.530. The van der Waals surface area contributed by atoms with Crippen LogP contribution in [0.3, 0.4) is 0 Å². The summed E-state index contributed by atoms with van der Waals surface area (Å²) in [6.07, 6.45) is 3.95. The summed E-state index contributed by atoms with van der Waals surface area (Å²) < 4.78 is 0. The monoisotopic (exact) mass is 220 g/mol. The first-order chi connectivity index (χ1) is 5.04. The van der Waals surface area contributed by atoms with Gasteiger partial charge in [-0.25, -0.2) is 0 Å². The fourth-order valence-electron chi connectivity index (χ4n) is 1.45.